The van der Waals surface area contributed by atoms with Gasteiger partial charge >= 0.3 is 0 Å². The summed E-state index contributed by atoms with van der Waals surface area (Å²) in [6, 6.07) is 21.3. The number of carbonyl (C=O) groups is 2. The lowest BCUT2D eigenvalue weighted by Crippen LogP contribution is -2.42. The summed E-state index contributed by atoms with van der Waals surface area (Å²) >= 11 is 1.45. The molecule has 1 fully saturated rings. The highest BCUT2D eigenvalue weighted by Crippen LogP contribution is 2.29. The third kappa shape index (κ3) is 6.24. The maximum Gasteiger partial charge on any atom is 0.258 e. The molecule has 6 nitrogen and oxygen atoms in total. The van der Waals surface area contributed by atoms with Crippen molar-refractivity contribution in [3.8, 4) is 0 Å². The van der Waals surface area contributed by atoms with E-state index in [4.69, 9.17) is 5.73 Å². The molecule has 1 saturated carbocycles. The van der Waals surface area contributed by atoms with Crippen LogP contribution < -0.4 is 16.4 Å². The Balaban J connectivity index is 1.37. The van der Waals surface area contributed by atoms with E-state index in [1.807, 2.05) is 61.5 Å². The largest absolute Gasteiger partial charge is 0.353 e. The van der Waals surface area contributed by atoms with Gasteiger partial charge in [0, 0.05) is 28.9 Å². The van der Waals surface area contributed by atoms with Gasteiger partial charge in [-0.2, -0.15) is 0 Å². The van der Waals surface area contributed by atoms with E-state index in [-0.39, 0.29) is 29.8 Å². The Kier molecular flexibility index (Phi) is 7.98. The van der Waals surface area contributed by atoms with Gasteiger partial charge in [0.25, 0.3) is 5.91 Å². The van der Waals surface area contributed by atoms with Gasteiger partial charge in [0.05, 0.1) is 11.5 Å². The molecular formula is C27H30N4O2S. The fraction of sp³-hybridized carbons (Fsp3) is 0.296. The lowest BCUT2D eigenvalue weighted by molar-refractivity contribution is -0.123. The highest BCUT2D eigenvalue weighted by Gasteiger charge is 2.23. The summed E-state index contributed by atoms with van der Waals surface area (Å²) < 4.78 is 0. The maximum atomic E-state index is 13.0. The minimum atomic E-state index is -0.271. The summed E-state index contributed by atoms with van der Waals surface area (Å²) in [6.07, 6.45) is 5.46. The second kappa shape index (κ2) is 11.3. The SMILES string of the molecule is CC(C(=O)NC1CCC(N)CC1)c1ccc(NC(=O)c2cccnc2Sc2ccccc2)cc1. The molecule has 1 aromatic heterocycles. The standard InChI is InChI=1S/C27H30N4O2S/c1-18(25(32)30-22-15-11-20(28)12-16-22)19-9-13-21(14-10-19)31-26(33)24-8-5-17-29-27(24)34-23-6-3-2-4-7-23/h2-10,13-14,17-18,20,22H,11-12,15-16,28H2,1H3,(H,30,32)(H,31,33). The van der Waals surface area contributed by atoms with Gasteiger partial charge in [0.2, 0.25) is 5.91 Å². The molecule has 1 unspecified atom stereocenters. The van der Waals surface area contributed by atoms with Gasteiger partial charge in [-0.15, -0.1) is 0 Å². The van der Waals surface area contributed by atoms with Crippen LogP contribution in [0.2, 0.25) is 0 Å². The van der Waals surface area contributed by atoms with E-state index in [0.29, 0.717) is 16.3 Å². The van der Waals surface area contributed by atoms with Crippen LogP contribution in [-0.2, 0) is 4.79 Å². The number of nitrogens with one attached hydrogen (secondary N) is 2. The van der Waals surface area contributed by atoms with Gasteiger partial charge in [-0.25, -0.2) is 4.98 Å². The van der Waals surface area contributed by atoms with Crippen LogP contribution in [-0.4, -0.2) is 28.9 Å². The average molecular weight is 475 g/mol. The molecule has 0 aliphatic heterocycles. The number of amides is 2. The Morgan fingerprint density at radius 3 is 2.38 bits per heavy atom. The van der Waals surface area contributed by atoms with Gasteiger partial charge in [-0.1, -0.05) is 42.1 Å². The van der Waals surface area contributed by atoms with Crippen molar-refractivity contribution in [2.75, 3.05) is 5.32 Å². The van der Waals surface area contributed by atoms with E-state index >= 15 is 0 Å². The lowest BCUT2D eigenvalue weighted by Gasteiger charge is -2.28. The summed E-state index contributed by atoms with van der Waals surface area (Å²) in [6.45, 7) is 1.90. The Morgan fingerprint density at radius 2 is 1.68 bits per heavy atom. The smallest absolute Gasteiger partial charge is 0.258 e. The predicted octanol–water partition coefficient (Wildman–Crippen LogP) is 4.97. The number of rotatable bonds is 7. The molecule has 1 aliphatic carbocycles. The van der Waals surface area contributed by atoms with Crippen molar-refractivity contribution in [1.82, 2.24) is 10.3 Å². The fourth-order valence-electron chi connectivity index (χ4n) is 4.04. The van der Waals surface area contributed by atoms with Crippen molar-refractivity contribution in [3.05, 3.63) is 84.1 Å². The first-order chi connectivity index (χ1) is 16.5. The lowest BCUT2D eigenvalue weighted by atomic mass is 9.91. The third-order valence-corrected chi connectivity index (χ3v) is 7.18. The zero-order valence-corrected chi connectivity index (χ0v) is 20.1. The van der Waals surface area contributed by atoms with Crippen LogP contribution in [0.4, 0.5) is 5.69 Å². The number of nitrogens with two attached hydrogens (primary N) is 1. The van der Waals surface area contributed by atoms with E-state index in [0.717, 1.165) is 36.1 Å². The molecule has 0 saturated heterocycles. The summed E-state index contributed by atoms with van der Waals surface area (Å²) in [4.78, 5) is 31.1. The van der Waals surface area contributed by atoms with E-state index in [9.17, 15) is 9.59 Å². The molecule has 176 valence electrons. The Hall–Kier alpha value is -3.16. The topological polar surface area (TPSA) is 97.1 Å². The monoisotopic (exact) mass is 474 g/mol. The number of nitrogens with zero attached hydrogens (tertiary/aromatic N) is 1. The molecule has 0 radical (unpaired) electrons. The molecule has 2 amide bonds. The zero-order valence-electron chi connectivity index (χ0n) is 19.2. The average Bonchev–Trinajstić information content (AvgIpc) is 2.86. The maximum absolute atomic E-state index is 13.0. The Bertz CT molecular complexity index is 1110. The van der Waals surface area contributed by atoms with Gasteiger partial charge in [-0.3, -0.25) is 9.59 Å². The Morgan fingerprint density at radius 1 is 0.971 bits per heavy atom. The molecule has 0 bridgehead atoms. The molecule has 0 spiro atoms. The summed E-state index contributed by atoms with van der Waals surface area (Å²) in [5, 5.41) is 6.75. The summed E-state index contributed by atoms with van der Waals surface area (Å²) in [5.41, 5.74) is 8.05. The van der Waals surface area contributed by atoms with Gasteiger partial charge < -0.3 is 16.4 Å². The number of anilines is 1. The molecule has 3 aromatic rings. The number of carbonyl (C=O) groups excluding carboxylic acids is 2. The first kappa shape index (κ1) is 24.0. The van der Waals surface area contributed by atoms with Crippen LogP contribution >= 0.6 is 11.8 Å². The predicted molar refractivity (Wildman–Crippen MR) is 136 cm³/mol. The fourth-order valence-corrected chi connectivity index (χ4v) is 4.94. The highest BCUT2D eigenvalue weighted by atomic mass is 32.2. The van der Waals surface area contributed by atoms with Crippen molar-refractivity contribution in [2.45, 2.75) is 60.5 Å². The summed E-state index contributed by atoms with van der Waals surface area (Å²) in [7, 11) is 0. The van der Waals surface area contributed by atoms with E-state index in [1.165, 1.54) is 11.8 Å². The molecule has 7 heteroatoms. The van der Waals surface area contributed by atoms with Crippen LogP contribution in [0.1, 0.15) is 54.4 Å². The van der Waals surface area contributed by atoms with Gasteiger partial charge in [0.15, 0.2) is 0 Å². The molecule has 2 aromatic carbocycles. The van der Waals surface area contributed by atoms with Crippen LogP contribution in [0.5, 0.6) is 0 Å². The highest BCUT2D eigenvalue weighted by molar-refractivity contribution is 7.99. The molecule has 4 rings (SSSR count). The molecule has 1 atom stereocenters. The minimum absolute atomic E-state index is 0.0233. The van der Waals surface area contributed by atoms with E-state index in [1.54, 1.807) is 18.3 Å². The third-order valence-electron chi connectivity index (χ3n) is 6.15. The van der Waals surface area contributed by atoms with Crippen LogP contribution in [0.3, 0.4) is 0 Å². The zero-order chi connectivity index (χ0) is 23.9. The molecule has 34 heavy (non-hydrogen) atoms. The number of aromatic nitrogens is 1. The van der Waals surface area contributed by atoms with Crippen molar-refractivity contribution in [2.24, 2.45) is 5.73 Å². The normalized spacial score (nSPS) is 18.6. The van der Waals surface area contributed by atoms with Crippen molar-refractivity contribution < 1.29 is 9.59 Å². The van der Waals surface area contributed by atoms with E-state index in [2.05, 4.69) is 15.6 Å². The first-order valence-corrected chi connectivity index (χ1v) is 12.5. The minimum Gasteiger partial charge on any atom is -0.353 e. The number of pyridine rings is 1. The van der Waals surface area contributed by atoms with E-state index < -0.39 is 0 Å². The second-order valence-corrected chi connectivity index (χ2v) is 9.75. The molecular weight excluding hydrogens is 444 g/mol. The molecule has 1 aliphatic rings. The van der Waals surface area contributed by atoms with Gasteiger partial charge in [-0.05, 0) is 74.6 Å². The quantitative estimate of drug-likeness (QED) is 0.449. The first-order valence-electron chi connectivity index (χ1n) is 11.6. The van der Waals surface area contributed by atoms with Crippen LogP contribution in [0, 0.1) is 0 Å². The van der Waals surface area contributed by atoms with Crippen molar-refractivity contribution >= 4 is 29.3 Å². The number of hydrogen-bond donors (Lipinski definition) is 3. The van der Waals surface area contributed by atoms with Crippen LogP contribution in [0.15, 0.2) is 82.8 Å². The summed E-state index contributed by atoms with van der Waals surface area (Å²) in [5.74, 6) is -0.469. The molecule has 4 N–H and O–H groups in total. The second-order valence-electron chi connectivity index (χ2n) is 8.69. The number of hydrogen-bond acceptors (Lipinski definition) is 5. The van der Waals surface area contributed by atoms with Crippen LogP contribution in [0.25, 0.3) is 0 Å². The van der Waals surface area contributed by atoms with Crippen molar-refractivity contribution in [1.29, 1.82) is 0 Å². The molecule has 1 heterocycles. The van der Waals surface area contributed by atoms with Gasteiger partial charge in [0.1, 0.15) is 5.03 Å². The number of benzene rings is 2. The Labute approximate surface area is 204 Å². The van der Waals surface area contributed by atoms with Crippen molar-refractivity contribution in [3.63, 3.8) is 0 Å².